The first kappa shape index (κ1) is 17.1. The highest BCUT2D eigenvalue weighted by atomic mass is 16.2. The van der Waals surface area contributed by atoms with Crippen LogP contribution in [-0.2, 0) is 0 Å². The third kappa shape index (κ3) is 5.78. The molecule has 4 nitrogen and oxygen atoms in total. The van der Waals surface area contributed by atoms with Gasteiger partial charge < -0.3 is 10.2 Å². The van der Waals surface area contributed by atoms with Crippen molar-refractivity contribution in [1.29, 1.82) is 0 Å². The van der Waals surface area contributed by atoms with Gasteiger partial charge in [-0.1, -0.05) is 30.9 Å². The van der Waals surface area contributed by atoms with Gasteiger partial charge in [-0.3, -0.25) is 0 Å². The topological polar surface area (TPSA) is 45.2 Å². The van der Waals surface area contributed by atoms with E-state index in [1.54, 1.807) is 0 Å². The van der Waals surface area contributed by atoms with Gasteiger partial charge in [0.1, 0.15) is 5.69 Å². The smallest absolute Gasteiger partial charge is 0.317 e. The molecule has 0 aromatic carbocycles. The monoisotopic (exact) mass is 311 g/mol. The minimum atomic E-state index is 0.0625. The van der Waals surface area contributed by atoms with Crippen LogP contribution in [0.1, 0.15) is 44.0 Å². The molecule has 0 unspecified atom stereocenters. The van der Waals surface area contributed by atoms with E-state index in [1.165, 1.54) is 5.57 Å². The van der Waals surface area contributed by atoms with Gasteiger partial charge in [0.25, 0.3) is 0 Å². The lowest BCUT2D eigenvalue weighted by Crippen LogP contribution is -2.43. The molecule has 1 aliphatic rings. The van der Waals surface area contributed by atoms with Crippen molar-refractivity contribution in [2.24, 2.45) is 0 Å². The molecule has 0 bridgehead atoms. The predicted octanol–water partition coefficient (Wildman–Crippen LogP) is 3.27. The van der Waals surface area contributed by atoms with Crippen LogP contribution in [0.2, 0.25) is 0 Å². The number of pyridine rings is 1. The van der Waals surface area contributed by atoms with Crippen molar-refractivity contribution in [3.63, 3.8) is 0 Å². The summed E-state index contributed by atoms with van der Waals surface area (Å²) in [4.78, 5) is 18.2. The predicted molar refractivity (Wildman–Crippen MR) is 93.0 cm³/mol. The fourth-order valence-corrected chi connectivity index (χ4v) is 2.45. The molecule has 0 saturated carbocycles. The zero-order valence-electron chi connectivity index (χ0n) is 14.1. The Morgan fingerprint density at radius 1 is 1.39 bits per heavy atom. The Bertz CT molecular complexity index is 615. The summed E-state index contributed by atoms with van der Waals surface area (Å²) in [6, 6.07) is 5.91. The molecule has 0 atom stereocenters. The van der Waals surface area contributed by atoms with E-state index in [0.29, 0.717) is 0 Å². The second-order valence-electron chi connectivity index (χ2n) is 5.81. The van der Waals surface area contributed by atoms with Crippen molar-refractivity contribution in [2.45, 2.75) is 39.5 Å². The van der Waals surface area contributed by atoms with Crippen LogP contribution in [0.15, 0.2) is 29.8 Å². The van der Waals surface area contributed by atoms with Crippen LogP contribution in [0.4, 0.5) is 4.79 Å². The van der Waals surface area contributed by atoms with Crippen LogP contribution >= 0.6 is 0 Å². The van der Waals surface area contributed by atoms with Gasteiger partial charge in [0, 0.05) is 25.3 Å². The Labute approximate surface area is 139 Å². The van der Waals surface area contributed by atoms with Crippen LogP contribution in [0.5, 0.6) is 0 Å². The molecule has 0 spiro atoms. The first-order chi connectivity index (χ1) is 11.2. The van der Waals surface area contributed by atoms with Gasteiger partial charge in [-0.05, 0) is 50.3 Å². The maximum atomic E-state index is 12.0. The van der Waals surface area contributed by atoms with Crippen molar-refractivity contribution in [3.05, 3.63) is 41.2 Å². The molecule has 2 heterocycles. The number of piperidine rings is 1. The lowest BCUT2D eigenvalue weighted by Gasteiger charge is -2.28. The lowest BCUT2D eigenvalue weighted by molar-refractivity contribution is 0.193. The molecule has 1 aromatic rings. The zero-order valence-corrected chi connectivity index (χ0v) is 14.1. The number of nitrogens with one attached hydrogen (secondary N) is 1. The highest BCUT2D eigenvalue weighted by molar-refractivity contribution is 5.74. The summed E-state index contributed by atoms with van der Waals surface area (Å²) >= 11 is 0. The molecule has 122 valence electrons. The van der Waals surface area contributed by atoms with E-state index in [1.807, 2.05) is 36.1 Å². The van der Waals surface area contributed by atoms with Crippen molar-refractivity contribution < 1.29 is 4.79 Å². The molecule has 0 radical (unpaired) electrons. The van der Waals surface area contributed by atoms with Gasteiger partial charge in [0.15, 0.2) is 0 Å². The first-order valence-corrected chi connectivity index (χ1v) is 8.35. The molecule has 23 heavy (non-hydrogen) atoms. The number of carbonyl (C=O) groups is 1. The number of nitrogens with zero attached hydrogens (tertiary/aromatic N) is 2. The van der Waals surface area contributed by atoms with Crippen LogP contribution in [0.3, 0.4) is 0 Å². The van der Waals surface area contributed by atoms with E-state index in [4.69, 9.17) is 0 Å². The van der Waals surface area contributed by atoms with Crippen molar-refractivity contribution in [3.8, 4) is 11.8 Å². The Morgan fingerprint density at radius 3 is 2.87 bits per heavy atom. The first-order valence-electron chi connectivity index (χ1n) is 8.35. The van der Waals surface area contributed by atoms with Gasteiger partial charge in [-0.15, -0.1) is 0 Å². The second kappa shape index (κ2) is 8.99. The quantitative estimate of drug-likeness (QED) is 0.688. The summed E-state index contributed by atoms with van der Waals surface area (Å²) in [5, 5.41) is 2.97. The average molecular weight is 311 g/mol. The Balaban J connectivity index is 1.81. The van der Waals surface area contributed by atoms with Crippen LogP contribution < -0.4 is 5.32 Å². The molecule has 1 N–H and O–H groups in total. The number of allylic oxidation sites excluding steroid dienone is 1. The van der Waals surface area contributed by atoms with E-state index in [0.717, 1.165) is 56.7 Å². The standard InChI is InChI=1S/C19H25N3O/c1-3-4-13-20-19(23)22-14-11-17(12-15-22)8-6-10-18-9-5-7-16(2)21-18/h5,7-9H,3-4,11-15H2,1-2H3,(H,20,23). The summed E-state index contributed by atoms with van der Waals surface area (Å²) in [5.41, 5.74) is 3.09. The number of unbranched alkanes of at least 4 members (excludes halogenated alkanes) is 1. The molecular weight excluding hydrogens is 286 g/mol. The Hall–Kier alpha value is -2.28. The summed E-state index contributed by atoms with van der Waals surface area (Å²) in [6.07, 6.45) is 5.92. The molecule has 1 aromatic heterocycles. The minimum absolute atomic E-state index is 0.0625. The number of likely N-dealkylation sites (tertiary alicyclic amines) is 1. The number of amides is 2. The molecule has 1 fully saturated rings. The van der Waals surface area contributed by atoms with E-state index < -0.39 is 0 Å². The van der Waals surface area contributed by atoms with Gasteiger partial charge >= 0.3 is 6.03 Å². The Morgan fingerprint density at radius 2 is 2.17 bits per heavy atom. The van der Waals surface area contributed by atoms with Gasteiger partial charge in [0.2, 0.25) is 0 Å². The molecule has 0 aliphatic carbocycles. The molecule has 1 saturated heterocycles. The van der Waals surface area contributed by atoms with E-state index in [9.17, 15) is 4.79 Å². The van der Waals surface area contributed by atoms with Gasteiger partial charge in [-0.2, -0.15) is 0 Å². The molecule has 2 amide bonds. The third-order valence-electron chi connectivity index (χ3n) is 3.86. The second-order valence-corrected chi connectivity index (χ2v) is 5.81. The SMILES string of the molecule is CCCCNC(=O)N1CCC(=CC#Cc2cccc(C)n2)CC1. The molecule has 4 heteroatoms. The number of rotatable bonds is 3. The highest BCUT2D eigenvalue weighted by Crippen LogP contribution is 2.15. The van der Waals surface area contributed by atoms with Crippen LogP contribution in [-0.4, -0.2) is 35.5 Å². The van der Waals surface area contributed by atoms with Crippen molar-refractivity contribution in [1.82, 2.24) is 15.2 Å². The average Bonchev–Trinajstić information content (AvgIpc) is 2.56. The fraction of sp³-hybridized carbons (Fsp3) is 0.474. The maximum Gasteiger partial charge on any atom is 0.317 e. The normalized spacial score (nSPS) is 14.0. The number of aromatic nitrogens is 1. The van der Waals surface area contributed by atoms with Crippen LogP contribution in [0, 0.1) is 18.8 Å². The number of hydrogen-bond acceptors (Lipinski definition) is 2. The summed E-state index contributed by atoms with van der Waals surface area (Å²) in [7, 11) is 0. The van der Waals surface area contributed by atoms with Crippen molar-refractivity contribution in [2.75, 3.05) is 19.6 Å². The number of hydrogen-bond donors (Lipinski definition) is 1. The maximum absolute atomic E-state index is 12.0. The number of carbonyl (C=O) groups excluding carboxylic acids is 1. The molecule has 2 rings (SSSR count). The number of urea groups is 1. The largest absolute Gasteiger partial charge is 0.338 e. The molecular formula is C19H25N3O. The van der Waals surface area contributed by atoms with Gasteiger partial charge in [0.05, 0.1) is 0 Å². The summed E-state index contributed by atoms with van der Waals surface area (Å²) < 4.78 is 0. The van der Waals surface area contributed by atoms with Gasteiger partial charge in [-0.25, -0.2) is 9.78 Å². The Kier molecular flexibility index (Phi) is 6.68. The van der Waals surface area contributed by atoms with E-state index >= 15 is 0 Å². The minimum Gasteiger partial charge on any atom is -0.338 e. The zero-order chi connectivity index (χ0) is 16.5. The fourth-order valence-electron chi connectivity index (χ4n) is 2.45. The third-order valence-corrected chi connectivity index (χ3v) is 3.86. The summed E-state index contributed by atoms with van der Waals surface area (Å²) in [5.74, 6) is 6.16. The lowest BCUT2D eigenvalue weighted by atomic mass is 10.0. The van der Waals surface area contributed by atoms with Crippen molar-refractivity contribution >= 4 is 6.03 Å². The number of aryl methyl sites for hydroxylation is 1. The van der Waals surface area contributed by atoms with Crippen LogP contribution in [0.25, 0.3) is 0 Å². The summed E-state index contributed by atoms with van der Waals surface area (Å²) in [6.45, 7) is 6.40. The van der Waals surface area contributed by atoms with E-state index in [2.05, 4.69) is 29.1 Å². The highest BCUT2D eigenvalue weighted by Gasteiger charge is 2.17. The molecule has 1 aliphatic heterocycles. The van der Waals surface area contributed by atoms with E-state index in [-0.39, 0.29) is 6.03 Å².